The van der Waals surface area contributed by atoms with E-state index in [-0.39, 0.29) is 6.04 Å². The number of halogens is 3. The minimum Gasteiger partial charge on any atom is -0.378 e. The molecule has 0 spiro atoms. The van der Waals surface area contributed by atoms with Crippen molar-refractivity contribution in [2.45, 2.75) is 19.9 Å². The number of hydrogen-bond acceptors (Lipinski definition) is 1. The van der Waals surface area contributed by atoms with E-state index in [2.05, 4.69) is 5.32 Å². The lowest BCUT2D eigenvalue weighted by molar-refractivity contribution is 0.577. The maximum Gasteiger partial charge on any atom is 0.126 e. The van der Waals surface area contributed by atoms with Gasteiger partial charge in [0, 0.05) is 22.8 Å². The summed E-state index contributed by atoms with van der Waals surface area (Å²) in [5.74, 6) is -1.15. The highest BCUT2D eigenvalue weighted by molar-refractivity contribution is 6.31. The monoisotopic (exact) mass is 281 g/mol. The molecule has 0 amide bonds. The summed E-state index contributed by atoms with van der Waals surface area (Å²) in [6.07, 6.45) is 0. The van der Waals surface area contributed by atoms with Crippen LogP contribution in [0.1, 0.15) is 24.1 Å². The van der Waals surface area contributed by atoms with Crippen LogP contribution in [0.15, 0.2) is 36.4 Å². The van der Waals surface area contributed by atoms with Crippen molar-refractivity contribution in [3.63, 3.8) is 0 Å². The highest BCUT2D eigenvalue weighted by Gasteiger charge is 2.10. The molecule has 1 nitrogen and oxygen atoms in total. The molecule has 100 valence electrons. The van der Waals surface area contributed by atoms with Crippen molar-refractivity contribution in [1.82, 2.24) is 0 Å². The molecule has 4 heteroatoms. The molecule has 0 saturated carbocycles. The van der Waals surface area contributed by atoms with Gasteiger partial charge in [-0.1, -0.05) is 17.7 Å². The zero-order valence-electron chi connectivity index (χ0n) is 10.7. The number of nitrogens with one attached hydrogen (secondary N) is 1. The topological polar surface area (TPSA) is 12.0 Å². The Morgan fingerprint density at radius 3 is 2.37 bits per heavy atom. The Labute approximate surface area is 116 Å². The Hall–Kier alpha value is -1.61. The molecular weight excluding hydrogens is 268 g/mol. The third kappa shape index (κ3) is 3.24. The van der Waals surface area contributed by atoms with Crippen LogP contribution in [0.4, 0.5) is 14.5 Å². The molecular formula is C15H14ClF2N. The van der Waals surface area contributed by atoms with E-state index in [0.717, 1.165) is 17.3 Å². The molecule has 1 N–H and O–H groups in total. The first-order chi connectivity index (χ1) is 8.97. The molecule has 0 aliphatic heterocycles. The summed E-state index contributed by atoms with van der Waals surface area (Å²) >= 11 is 6.03. The van der Waals surface area contributed by atoms with Gasteiger partial charge in [-0.3, -0.25) is 0 Å². The smallest absolute Gasteiger partial charge is 0.126 e. The Morgan fingerprint density at radius 2 is 1.74 bits per heavy atom. The van der Waals surface area contributed by atoms with Gasteiger partial charge < -0.3 is 5.32 Å². The first-order valence-electron chi connectivity index (χ1n) is 5.95. The van der Waals surface area contributed by atoms with Gasteiger partial charge in [-0.2, -0.15) is 0 Å². The van der Waals surface area contributed by atoms with Crippen molar-refractivity contribution < 1.29 is 8.78 Å². The van der Waals surface area contributed by atoms with Gasteiger partial charge in [-0.05, 0) is 49.2 Å². The lowest BCUT2D eigenvalue weighted by atomic mass is 10.1. The summed E-state index contributed by atoms with van der Waals surface area (Å²) in [4.78, 5) is 0. The van der Waals surface area contributed by atoms with Crippen LogP contribution in [0, 0.1) is 18.6 Å². The van der Waals surface area contributed by atoms with Crippen LogP contribution in [0.3, 0.4) is 0 Å². The zero-order valence-corrected chi connectivity index (χ0v) is 11.4. The van der Waals surface area contributed by atoms with E-state index in [1.54, 1.807) is 6.07 Å². The van der Waals surface area contributed by atoms with Crippen molar-refractivity contribution >= 4 is 17.3 Å². The maximum absolute atomic E-state index is 13.2. The van der Waals surface area contributed by atoms with E-state index in [1.165, 1.54) is 12.1 Å². The molecule has 2 rings (SSSR count). The van der Waals surface area contributed by atoms with Gasteiger partial charge in [-0.15, -0.1) is 0 Å². The molecule has 0 fully saturated rings. The third-order valence-electron chi connectivity index (χ3n) is 3.02. The predicted molar refractivity (Wildman–Crippen MR) is 74.6 cm³/mol. The fourth-order valence-electron chi connectivity index (χ4n) is 1.91. The number of rotatable bonds is 3. The molecule has 1 atom stereocenters. The average molecular weight is 282 g/mol. The minimum absolute atomic E-state index is 0.220. The van der Waals surface area contributed by atoms with E-state index in [1.807, 2.05) is 26.0 Å². The SMILES string of the molecule is Cc1c(Cl)cccc1NC(C)c1cc(F)cc(F)c1. The quantitative estimate of drug-likeness (QED) is 0.825. The Balaban J connectivity index is 2.25. The second-order valence-corrected chi connectivity index (χ2v) is 4.89. The van der Waals surface area contributed by atoms with Gasteiger partial charge >= 0.3 is 0 Å². The predicted octanol–water partition coefficient (Wildman–Crippen LogP) is 5.10. The van der Waals surface area contributed by atoms with Crippen molar-refractivity contribution in [3.8, 4) is 0 Å². The molecule has 0 radical (unpaired) electrons. The largest absolute Gasteiger partial charge is 0.378 e. The van der Waals surface area contributed by atoms with E-state index >= 15 is 0 Å². The second kappa shape index (κ2) is 5.57. The van der Waals surface area contributed by atoms with Crippen LogP contribution in [0.2, 0.25) is 5.02 Å². The number of anilines is 1. The molecule has 0 saturated heterocycles. The third-order valence-corrected chi connectivity index (χ3v) is 3.43. The molecule has 2 aromatic rings. The molecule has 0 heterocycles. The highest BCUT2D eigenvalue weighted by Crippen LogP contribution is 2.27. The van der Waals surface area contributed by atoms with Gasteiger partial charge in [0.25, 0.3) is 0 Å². The Bertz CT molecular complexity index is 578. The van der Waals surface area contributed by atoms with Crippen LogP contribution in [-0.2, 0) is 0 Å². The normalized spacial score (nSPS) is 12.3. The molecule has 0 bridgehead atoms. The zero-order chi connectivity index (χ0) is 14.0. The molecule has 0 aliphatic rings. The van der Waals surface area contributed by atoms with Crippen LogP contribution in [0.25, 0.3) is 0 Å². The van der Waals surface area contributed by atoms with Gasteiger partial charge in [0.15, 0.2) is 0 Å². The first-order valence-corrected chi connectivity index (χ1v) is 6.33. The molecule has 1 unspecified atom stereocenters. The van der Waals surface area contributed by atoms with Crippen LogP contribution in [-0.4, -0.2) is 0 Å². The number of hydrogen-bond donors (Lipinski definition) is 1. The van der Waals surface area contributed by atoms with Gasteiger partial charge in [0.2, 0.25) is 0 Å². The Morgan fingerprint density at radius 1 is 1.11 bits per heavy atom. The highest BCUT2D eigenvalue weighted by atomic mass is 35.5. The summed E-state index contributed by atoms with van der Waals surface area (Å²) in [6, 6.07) is 8.79. The minimum atomic E-state index is -0.577. The van der Waals surface area contributed by atoms with Crippen molar-refractivity contribution in [1.29, 1.82) is 0 Å². The molecule has 0 aliphatic carbocycles. The fourth-order valence-corrected chi connectivity index (χ4v) is 2.08. The summed E-state index contributed by atoms with van der Waals surface area (Å²) < 4.78 is 26.4. The summed E-state index contributed by atoms with van der Waals surface area (Å²) in [5, 5.41) is 3.86. The standard InChI is InChI=1S/C15H14ClF2N/c1-9-14(16)4-3-5-15(9)19-10(2)11-6-12(17)8-13(18)7-11/h3-8,10,19H,1-2H3. The van der Waals surface area contributed by atoms with Crippen molar-refractivity contribution in [2.75, 3.05) is 5.32 Å². The fraction of sp³-hybridized carbons (Fsp3) is 0.200. The maximum atomic E-state index is 13.2. The summed E-state index contributed by atoms with van der Waals surface area (Å²) in [5.41, 5.74) is 2.31. The van der Waals surface area contributed by atoms with E-state index in [0.29, 0.717) is 10.6 Å². The van der Waals surface area contributed by atoms with Gasteiger partial charge in [-0.25, -0.2) is 8.78 Å². The molecule has 0 aromatic heterocycles. The molecule has 2 aromatic carbocycles. The van der Waals surface area contributed by atoms with Crippen LogP contribution < -0.4 is 5.32 Å². The van der Waals surface area contributed by atoms with Gasteiger partial charge in [0.1, 0.15) is 11.6 Å². The molecule has 19 heavy (non-hydrogen) atoms. The van der Waals surface area contributed by atoms with Crippen molar-refractivity contribution in [2.24, 2.45) is 0 Å². The first kappa shape index (κ1) is 13.8. The number of benzene rings is 2. The van der Waals surface area contributed by atoms with Crippen LogP contribution >= 0.6 is 11.6 Å². The van der Waals surface area contributed by atoms with Crippen molar-refractivity contribution in [3.05, 3.63) is 64.2 Å². The average Bonchev–Trinajstić information content (AvgIpc) is 2.33. The van der Waals surface area contributed by atoms with Crippen LogP contribution in [0.5, 0.6) is 0 Å². The van der Waals surface area contributed by atoms with E-state index in [4.69, 9.17) is 11.6 Å². The lowest BCUT2D eigenvalue weighted by Gasteiger charge is -2.18. The summed E-state index contributed by atoms with van der Waals surface area (Å²) in [7, 11) is 0. The van der Waals surface area contributed by atoms with Gasteiger partial charge in [0.05, 0.1) is 0 Å². The second-order valence-electron chi connectivity index (χ2n) is 4.48. The van der Waals surface area contributed by atoms with E-state index in [9.17, 15) is 8.78 Å². The van der Waals surface area contributed by atoms with E-state index < -0.39 is 11.6 Å². The lowest BCUT2D eigenvalue weighted by Crippen LogP contribution is -2.08. The Kier molecular flexibility index (Phi) is 4.05. The summed E-state index contributed by atoms with van der Waals surface area (Å²) in [6.45, 7) is 3.73.